The van der Waals surface area contributed by atoms with Gasteiger partial charge in [-0.2, -0.15) is 0 Å². The Hall–Kier alpha value is -6.07. The highest BCUT2D eigenvalue weighted by Gasteiger charge is 2.19. The van der Waals surface area contributed by atoms with Gasteiger partial charge in [-0.1, -0.05) is 103 Å². The van der Waals surface area contributed by atoms with E-state index in [0.29, 0.717) is 18.2 Å². The molecule has 0 saturated heterocycles. The smallest absolute Gasteiger partial charge is 0.161 e. The maximum atomic E-state index is 6.41. The van der Waals surface area contributed by atoms with Crippen molar-refractivity contribution < 1.29 is 8.83 Å². The van der Waals surface area contributed by atoms with E-state index >= 15 is 0 Å². The van der Waals surface area contributed by atoms with Crippen molar-refractivity contribution in [3.63, 3.8) is 0 Å². The second kappa shape index (κ2) is 11.2. The third-order valence-electron chi connectivity index (χ3n) is 8.08. The van der Waals surface area contributed by atoms with Crippen LogP contribution in [0, 0.1) is 0 Å². The fourth-order valence-electron chi connectivity index (χ4n) is 5.91. The molecule has 8 rings (SSSR count). The Morgan fingerprint density at radius 2 is 1.16 bits per heavy atom. The largest absolute Gasteiger partial charge is 0.456 e. The van der Waals surface area contributed by atoms with Crippen molar-refractivity contribution >= 4 is 62.3 Å². The first-order chi connectivity index (χ1) is 22.2. The molecule has 0 aliphatic heterocycles. The SMILES string of the molecule is C=N/C(=N\C(=N/Cc1ccccc1)c1ccccc1)c1cc(-c2ccc3c(c2)oc2ccccc23)cc2oc3ccccc3c12. The van der Waals surface area contributed by atoms with E-state index in [2.05, 4.69) is 66.3 Å². The maximum absolute atomic E-state index is 6.41. The summed E-state index contributed by atoms with van der Waals surface area (Å²) in [7, 11) is 0. The van der Waals surface area contributed by atoms with Crippen LogP contribution in [0.3, 0.4) is 0 Å². The standard InChI is InChI=1S/C40H27N3O2/c1-41-40(43-39(27-14-6-3-7-15-27)42-25-26-12-4-2-5-13-26)33-22-29(24-37-38(33)32-17-9-11-19-35(32)45-37)28-20-21-31-30-16-8-10-18-34(30)44-36(31)23-28/h2-24H,1,25H2/b42-39-,43-40-. The molecule has 214 valence electrons. The van der Waals surface area contributed by atoms with Crippen molar-refractivity contribution in [2.75, 3.05) is 0 Å². The van der Waals surface area contributed by atoms with Gasteiger partial charge in [0, 0.05) is 32.7 Å². The van der Waals surface area contributed by atoms with Gasteiger partial charge in [0.2, 0.25) is 0 Å². The van der Waals surface area contributed by atoms with E-state index in [0.717, 1.165) is 71.7 Å². The topological polar surface area (TPSA) is 63.4 Å². The molecule has 8 aromatic rings. The van der Waals surface area contributed by atoms with Crippen LogP contribution in [0.1, 0.15) is 16.7 Å². The summed E-state index contributed by atoms with van der Waals surface area (Å²) in [6.45, 7) is 4.45. The molecule has 0 atom stereocenters. The number of hydrogen-bond donors (Lipinski definition) is 0. The molecule has 2 aromatic heterocycles. The van der Waals surface area contributed by atoms with Gasteiger partial charge < -0.3 is 8.83 Å². The molecule has 0 N–H and O–H groups in total. The zero-order valence-corrected chi connectivity index (χ0v) is 24.4. The summed E-state index contributed by atoms with van der Waals surface area (Å²) in [4.78, 5) is 14.5. The van der Waals surface area contributed by atoms with Crippen LogP contribution in [0.25, 0.3) is 55.0 Å². The van der Waals surface area contributed by atoms with Crippen molar-refractivity contribution in [2.24, 2.45) is 15.0 Å². The zero-order valence-electron chi connectivity index (χ0n) is 24.4. The third-order valence-corrected chi connectivity index (χ3v) is 8.08. The first kappa shape index (κ1) is 26.5. The number of benzene rings is 6. The van der Waals surface area contributed by atoms with E-state index in [1.54, 1.807) is 0 Å². The fraction of sp³-hybridized carbons (Fsp3) is 0.0250. The van der Waals surface area contributed by atoms with Gasteiger partial charge in [0.05, 0.1) is 6.54 Å². The number of amidine groups is 2. The monoisotopic (exact) mass is 581 g/mol. The predicted molar refractivity (Wildman–Crippen MR) is 186 cm³/mol. The summed E-state index contributed by atoms with van der Waals surface area (Å²) in [6.07, 6.45) is 0. The molecule has 0 fully saturated rings. The van der Waals surface area contributed by atoms with Gasteiger partial charge in [0.15, 0.2) is 11.7 Å². The molecule has 0 amide bonds. The Morgan fingerprint density at radius 3 is 1.93 bits per heavy atom. The van der Waals surface area contributed by atoms with Gasteiger partial charge in [-0.15, -0.1) is 0 Å². The van der Waals surface area contributed by atoms with E-state index in [4.69, 9.17) is 18.8 Å². The summed E-state index contributed by atoms with van der Waals surface area (Å²) < 4.78 is 12.6. The molecule has 0 spiro atoms. The normalized spacial score (nSPS) is 12.4. The molecule has 0 saturated carbocycles. The second-order valence-electron chi connectivity index (χ2n) is 10.9. The van der Waals surface area contributed by atoms with Gasteiger partial charge in [-0.05, 0) is 59.8 Å². The molecule has 0 unspecified atom stereocenters. The highest BCUT2D eigenvalue weighted by molar-refractivity contribution is 6.22. The predicted octanol–water partition coefficient (Wildman–Crippen LogP) is 10.2. The van der Waals surface area contributed by atoms with E-state index in [-0.39, 0.29) is 0 Å². The van der Waals surface area contributed by atoms with Crippen molar-refractivity contribution in [1.82, 2.24) is 0 Å². The quantitative estimate of drug-likeness (QED) is 0.150. The van der Waals surface area contributed by atoms with Crippen molar-refractivity contribution in [3.05, 3.63) is 156 Å². The lowest BCUT2D eigenvalue weighted by atomic mass is 9.97. The Kier molecular flexibility index (Phi) is 6.61. The van der Waals surface area contributed by atoms with Crippen LogP contribution in [0.2, 0.25) is 0 Å². The first-order valence-electron chi connectivity index (χ1n) is 14.8. The number of para-hydroxylation sites is 2. The molecule has 0 radical (unpaired) electrons. The van der Waals surface area contributed by atoms with E-state index in [1.165, 1.54) is 0 Å². The minimum absolute atomic E-state index is 0.467. The molecule has 0 bridgehead atoms. The van der Waals surface area contributed by atoms with Crippen LogP contribution in [0.4, 0.5) is 0 Å². The third kappa shape index (κ3) is 4.90. The number of furan rings is 2. The molecule has 2 heterocycles. The lowest BCUT2D eigenvalue weighted by molar-refractivity contribution is 0.668. The van der Waals surface area contributed by atoms with Crippen LogP contribution in [0.15, 0.2) is 163 Å². The van der Waals surface area contributed by atoms with Gasteiger partial charge in [-0.3, -0.25) is 4.99 Å². The lowest BCUT2D eigenvalue weighted by Gasteiger charge is -2.10. The number of fused-ring (bicyclic) bond motifs is 6. The minimum atomic E-state index is 0.467. The molecular formula is C40H27N3O2. The average molecular weight is 582 g/mol. The molecular weight excluding hydrogens is 554 g/mol. The molecule has 0 aliphatic rings. The fourth-order valence-corrected chi connectivity index (χ4v) is 5.91. The number of nitrogens with zero attached hydrogens (tertiary/aromatic N) is 3. The van der Waals surface area contributed by atoms with Crippen LogP contribution in [-0.4, -0.2) is 18.4 Å². The van der Waals surface area contributed by atoms with Crippen molar-refractivity contribution in [2.45, 2.75) is 6.54 Å². The van der Waals surface area contributed by atoms with Gasteiger partial charge in [-0.25, -0.2) is 9.98 Å². The highest BCUT2D eigenvalue weighted by atomic mass is 16.3. The molecule has 45 heavy (non-hydrogen) atoms. The van der Waals surface area contributed by atoms with Crippen LogP contribution in [0.5, 0.6) is 0 Å². The summed E-state index contributed by atoms with van der Waals surface area (Å²) in [5, 5.41) is 4.10. The zero-order chi connectivity index (χ0) is 30.2. The second-order valence-corrected chi connectivity index (χ2v) is 10.9. The van der Waals surface area contributed by atoms with Gasteiger partial charge in [0.25, 0.3) is 0 Å². The molecule has 6 aromatic carbocycles. The van der Waals surface area contributed by atoms with Crippen LogP contribution >= 0.6 is 0 Å². The number of rotatable bonds is 5. The van der Waals surface area contributed by atoms with Crippen molar-refractivity contribution in [3.8, 4) is 11.1 Å². The molecule has 0 aliphatic carbocycles. The summed E-state index contributed by atoms with van der Waals surface area (Å²) in [5.41, 5.74) is 8.00. The van der Waals surface area contributed by atoms with Crippen LogP contribution in [-0.2, 0) is 6.54 Å². The summed E-state index contributed by atoms with van der Waals surface area (Å²) in [6, 6.07) is 46.8. The highest BCUT2D eigenvalue weighted by Crippen LogP contribution is 2.38. The Balaban J connectivity index is 1.33. The maximum Gasteiger partial charge on any atom is 0.161 e. The summed E-state index contributed by atoms with van der Waals surface area (Å²) >= 11 is 0. The lowest BCUT2D eigenvalue weighted by Crippen LogP contribution is -2.06. The van der Waals surface area contributed by atoms with Gasteiger partial charge >= 0.3 is 0 Å². The van der Waals surface area contributed by atoms with E-state index in [9.17, 15) is 0 Å². The molecule has 5 heteroatoms. The van der Waals surface area contributed by atoms with Crippen molar-refractivity contribution in [1.29, 1.82) is 0 Å². The number of aliphatic imine (C=N–C) groups is 3. The van der Waals surface area contributed by atoms with E-state index in [1.807, 2.05) is 84.9 Å². The Bertz CT molecular complexity index is 2420. The molecule has 5 nitrogen and oxygen atoms in total. The summed E-state index contributed by atoms with van der Waals surface area (Å²) in [5.74, 6) is 1.05. The first-order valence-corrected chi connectivity index (χ1v) is 14.8. The van der Waals surface area contributed by atoms with Crippen LogP contribution < -0.4 is 0 Å². The minimum Gasteiger partial charge on any atom is -0.456 e. The Morgan fingerprint density at radius 1 is 0.533 bits per heavy atom. The Labute approximate surface area is 259 Å². The van der Waals surface area contributed by atoms with Gasteiger partial charge in [0.1, 0.15) is 22.3 Å². The average Bonchev–Trinajstić information content (AvgIpc) is 3.67. The number of hydrogen-bond acceptors (Lipinski definition) is 3. The van der Waals surface area contributed by atoms with E-state index < -0.39 is 0 Å².